The van der Waals surface area contributed by atoms with E-state index in [1.54, 1.807) is 0 Å². The van der Waals surface area contributed by atoms with Crippen molar-refractivity contribution in [1.29, 1.82) is 0 Å². The fraction of sp³-hybridized carbons (Fsp3) is 0.333. The second kappa shape index (κ2) is 5.70. The van der Waals surface area contributed by atoms with Crippen LogP contribution >= 0.6 is 15.9 Å². The predicted molar refractivity (Wildman–Crippen MR) is 80.3 cm³/mol. The lowest BCUT2D eigenvalue weighted by molar-refractivity contribution is 0.112. The van der Waals surface area contributed by atoms with Crippen LogP contribution in [0.15, 0.2) is 28.9 Å². The molecule has 0 spiro atoms. The number of rotatable bonds is 4. The third-order valence-corrected chi connectivity index (χ3v) is 3.79. The SMILES string of the molecule is Cc1cc(-c2nn(CC(C)C)cc2C=O)ccc1Br. The summed E-state index contributed by atoms with van der Waals surface area (Å²) in [6, 6.07) is 6.01. The van der Waals surface area contributed by atoms with Crippen molar-refractivity contribution in [2.45, 2.75) is 27.3 Å². The van der Waals surface area contributed by atoms with E-state index in [0.29, 0.717) is 11.5 Å². The van der Waals surface area contributed by atoms with Gasteiger partial charge in [0.15, 0.2) is 6.29 Å². The summed E-state index contributed by atoms with van der Waals surface area (Å²) in [7, 11) is 0. The van der Waals surface area contributed by atoms with Crippen molar-refractivity contribution in [3.63, 3.8) is 0 Å². The number of halogens is 1. The molecule has 0 fully saturated rings. The standard InChI is InChI=1S/C15H17BrN2O/c1-10(2)7-18-8-13(9-19)15(17-18)12-4-5-14(16)11(3)6-12/h4-6,8-10H,7H2,1-3H3. The van der Waals surface area contributed by atoms with E-state index in [2.05, 4.69) is 34.9 Å². The first-order valence-electron chi connectivity index (χ1n) is 6.30. The second-order valence-corrected chi connectivity index (χ2v) is 5.99. The highest BCUT2D eigenvalue weighted by Gasteiger charge is 2.12. The third-order valence-electron chi connectivity index (χ3n) is 2.90. The molecule has 0 unspecified atom stereocenters. The molecule has 19 heavy (non-hydrogen) atoms. The molecule has 0 radical (unpaired) electrons. The molecule has 1 heterocycles. The van der Waals surface area contributed by atoms with Crippen LogP contribution in [0.2, 0.25) is 0 Å². The molecule has 1 aromatic heterocycles. The Morgan fingerprint density at radius 2 is 2.16 bits per heavy atom. The maximum absolute atomic E-state index is 11.2. The Labute approximate surface area is 121 Å². The highest BCUT2D eigenvalue weighted by molar-refractivity contribution is 9.10. The number of carbonyl (C=O) groups is 1. The molecule has 0 aliphatic carbocycles. The van der Waals surface area contributed by atoms with Gasteiger partial charge in [-0.15, -0.1) is 0 Å². The van der Waals surface area contributed by atoms with Gasteiger partial charge in [-0.25, -0.2) is 0 Å². The Balaban J connectivity index is 2.45. The number of aldehydes is 1. The molecule has 0 N–H and O–H groups in total. The largest absolute Gasteiger partial charge is 0.298 e. The highest BCUT2D eigenvalue weighted by atomic mass is 79.9. The molecule has 0 amide bonds. The lowest BCUT2D eigenvalue weighted by atomic mass is 10.1. The van der Waals surface area contributed by atoms with Crippen LogP contribution < -0.4 is 0 Å². The maximum atomic E-state index is 11.2. The predicted octanol–water partition coefficient (Wildman–Crippen LogP) is 4.09. The van der Waals surface area contributed by atoms with Crippen LogP contribution in [-0.4, -0.2) is 16.1 Å². The molecule has 0 saturated heterocycles. The molecule has 0 aliphatic heterocycles. The third kappa shape index (κ3) is 3.13. The zero-order valence-corrected chi connectivity index (χ0v) is 12.9. The van der Waals surface area contributed by atoms with Crippen LogP contribution in [0.1, 0.15) is 29.8 Å². The van der Waals surface area contributed by atoms with Crippen molar-refractivity contribution in [3.8, 4) is 11.3 Å². The molecular weight excluding hydrogens is 304 g/mol. The number of aromatic nitrogens is 2. The molecule has 4 heteroatoms. The Morgan fingerprint density at radius 1 is 1.42 bits per heavy atom. The van der Waals surface area contributed by atoms with E-state index in [1.807, 2.05) is 36.0 Å². The number of benzene rings is 1. The van der Waals surface area contributed by atoms with Gasteiger partial charge >= 0.3 is 0 Å². The van der Waals surface area contributed by atoms with Crippen LogP contribution in [0.4, 0.5) is 0 Å². The van der Waals surface area contributed by atoms with Crippen LogP contribution in [0.5, 0.6) is 0 Å². The van der Waals surface area contributed by atoms with Gasteiger partial charge in [-0.2, -0.15) is 5.10 Å². The van der Waals surface area contributed by atoms with Gasteiger partial charge in [0.2, 0.25) is 0 Å². The van der Waals surface area contributed by atoms with Gasteiger partial charge in [-0.05, 0) is 30.5 Å². The van der Waals surface area contributed by atoms with Crippen molar-refractivity contribution in [1.82, 2.24) is 9.78 Å². The summed E-state index contributed by atoms with van der Waals surface area (Å²) < 4.78 is 2.91. The number of aryl methyl sites for hydroxylation is 1. The van der Waals surface area contributed by atoms with Crippen molar-refractivity contribution < 1.29 is 4.79 Å². The van der Waals surface area contributed by atoms with Gasteiger partial charge < -0.3 is 0 Å². The summed E-state index contributed by atoms with van der Waals surface area (Å²) in [5.41, 5.74) is 3.51. The van der Waals surface area contributed by atoms with Gasteiger partial charge in [-0.1, -0.05) is 35.8 Å². The summed E-state index contributed by atoms with van der Waals surface area (Å²) in [6.07, 6.45) is 2.69. The Bertz CT molecular complexity index is 602. The second-order valence-electron chi connectivity index (χ2n) is 5.13. The smallest absolute Gasteiger partial charge is 0.153 e. The topological polar surface area (TPSA) is 34.9 Å². The minimum atomic E-state index is 0.499. The van der Waals surface area contributed by atoms with Gasteiger partial charge in [0.1, 0.15) is 5.69 Å². The van der Waals surface area contributed by atoms with E-state index in [4.69, 9.17) is 0 Å². The summed E-state index contributed by atoms with van der Waals surface area (Å²) >= 11 is 3.48. The lowest BCUT2D eigenvalue weighted by Gasteiger charge is -2.04. The molecule has 0 aliphatic rings. The minimum absolute atomic E-state index is 0.499. The zero-order valence-electron chi connectivity index (χ0n) is 11.4. The number of nitrogens with zero attached hydrogens (tertiary/aromatic N) is 2. The Kier molecular flexibility index (Phi) is 4.20. The summed E-state index contributed by atoms with van der Waals surface area (Å²) in [5, 5.41) is 4.53. The monoisotopic (exact) mass is 320 g/mol. The van der Waals surface area contributed by atoms with Gasteiger partial charge in [0, 0.05) is 22.8 Å². The zero-order chi connectivity index (χ0) is 14.0. The van der Waals surface area contributed by atoms with E-state index < -0.39 is 0 Å². The fourth-order valence-electron chi connectivity index (χ4n) is 2.01. The Morgan fingerprint density at radius 3 is 2.74 bits per heavy atom. The molecule has 2 aromatic rings. The van der Waals surface area contributed by atoms with Gasteiger partial charge in [0.25, 0.3) is 0 Å². The van der Waals surface area contributed by atoms with Crippen molar-refractivity contribution >= 4 is 22.2 Å². The first-order valence-corrected chi connectivity index (χ1v) is 7.09. The minimum Gasteiger partial charge on any atom is -0.298 e. The number of hydrogen-bond acceptors (Lipinski definition) is 2. The fourth-order valence-corrected chi connectivity index (χ4v) is 2.25. The lowest BCUT2D eigenvalue weighted by Crippen LogP contribution is -2.04. The van der Waals surface area contributed by atoms with Crippen LogP contribution in [0, 0.1) is 12.8 Å². The average Bonchev–Trinajstić information content (AvgIpc) is 2.74. The molecule has 3 nitrogen and oxygen atoms in total. The molecule has 0 saturated carbocycles. The first-order chi connectivity index (χ1) is 9.01. The van der Waals surface area contributed by atoms with E-state index in [-0.39, 0.29) is 0 Å². The number of hydrogen-bond donors (Lipinski definition) is 0. The molecule has 1 aromatic carbocycles. The van der Waals surface area contributed by atoms with E-state index >= 15 is 0 Å². The maximum Gasteiger partial charge on any atom is 0.153 e. The van der Waals surface area contributed by atoms with Gasteiger partial charge in [-0.3, -0.25) is 9.48 Å². The summed E-state index contributed by atoms with van der Waals surface area (Å²) in [4.78, 5) is 11.2. The molecule has 0 bridgehead atoms. The van der Waals surface area contributed by atoms with Crippen molar-refractivity contribution in [2.75, 3.05) is 0 Å². The van der Waals surface area contributed by atoms with Gasteiger partial charge in [0.05, 0.1) is 5.56 Å². The first kappa shape index (κ1) is 14.0. The molecule has 100 valence electrons. The average molecular weight is 321 g/mol. The van der Waals surface area contributed by atoms with Crippen molar-refractivity contribution in [2.24, 2.45) is 5.92 Å². The van der Waals surface area contributed by atoms with Crippen LogP contribution in [-0.2, 0) is 6.54 Å². The highest BCUT2D eigenvalue weighted by Crippen LogP contribution is 2.26. The quantitative estimate of drug-likeness (QED) is 0.795. The van der Waals surface area contributed by atoms with E-state index in [1.165, 1.54) is 0 Å². The Hall–Kier alpha value is -1.42. The summed E-state index contributed by atoms with van der Waals surface area (Å²) in [6.45, 7) is 7.10. The normalized spacial score (nSPS) is 11.0. The molecular formula is C15H17BrN2O. The van der Waals surface area contributed by atoms with Crippen LogP contribution in [0.25, 0.3) is 11.3 Å². The number of carbonyl (C=O) groups excluding carboxylic acids is 1. The van der Waals surface area contributed by atoms with E-state index in [9.17, 15) is 4.79 Å². The summed E-state index contributed by atoms with van der Waals surface area (Å²) in [5.74, 6) is 0.499. The molecule has 2 rings (SSSR count). The van der Waals surface area contributed by atoms with Crippen LogP contribution in [0.3, 0.4) is 0 Å². The molecule has 0 atom stereocenters. The van der Waals surface area contributed by atoms with E-state index in [0.717, 1.165) is 34.1 Å². The van der Waals surface area contributed by atoms with Crippen molar-refractivity contribution in [3.05, 3.63) is 40.0 Å².